The molecule has 0 aromatic rings. The predicted molar refractivity (Wildman–Crippen MR) is 67.1 cm³/mol. The number of amides is 1. The molecule has 0 saturated carbocycles. The second kappa shape index (κ2) is 6.89. The van der Waals surface area contributed by atoms with Crippen molar-refractivity contribution >= 4 is 5.91 Å². The molecule has 16 heavy (non-hydrogen) atoms. The van der Waals surface area contributed by atoms with E-state index < -0.39 is 0 Å². The highest BCUT2D eigenvalue weighted by Gasteiger charge is 2.25. The number of rotatable bonds is 5. The molecule has 1 amide bonds. The molecule has 2 unspecified atom stereocenters. The molecule has 94 valence electrons. The first-order chi connectivity index (χ1) is 7.69. The van der Waals surface area contributed by atoms with Gasteiger partial charge in [0, 0.05) is 25.6 Å². The number of likely N-dealkylation sites (tertiary alicyclic amines) is 1. The monoisotopic (exact) mass is 226 g/mol. The largest absolute Gasteiger partial charge is 0.338 e. The zero-order chi connectivity index (χ0) is 12.0. The number of hydrogen-bond acceptors (Lipinski definition) is 2. The Morgan fingerprint density at radius 1 is 1.50 bits per heavy atom. The summed E-state index contributed by atoms with van der Waals surface area (Å²) in [7, 11) is 0. The first-order valence-corrected chi connectivity index (χ1v) is 6.68. The summed E-state index contributed by atoms with van der Waals surface area (Å²) in [5, 5.41) is 0. The van der Waals surface area contributed by atoms with Crippen molar-refractivity contribution in [1.29, 1.82) is 0 Å². The molecule has 0 radical (unpaired) electrons. The first-order valence-electron chi connectivity index (χ1n) is 6.68. The van der Waals surface area contributed by atoms with E-state index in [1.165, 1.54) is 6.42 Å². The van der Waals surface area contributed by atoms with Crippen molar-refractivity contribution in [1.82, 2.24) is 4.90 Å². The predicted octanol–water partition coefficient (Wildman–Crippen LogP) is 2.15. The van der Waals surface area contributed by atoms with E-state index in [-0.39, 0.29) is 0 Å². The summed E-state index contributed by atoms with van der Waals surface area (Å²) in [4.78, 5) is 14.1. The van der Waals surface area contributed by atoms with E-state index in [0.717, 1.165) is 32.2 Å². The van der Waals surface area contributed by atoms with Gasteiger partial charge in [0.25, 0.3) is 0 Å². The van der Waals surface area contributed by atoms with Crippen LogP contribution in [-0.4, -0.2) is 29.9 Å². The molecule has 0 aromatic heterocycles. The minimum Gasteiger partial charge on any atom is -0.338 e. The van der Waals surface area contributed by atoms with Crippen LogP contribution >= 0.6 is 0 Å². The Morgan fingerprint density at radius 2 is 2.25 bits per heavy atom. The molecule has 3 nitrogen and oxygen atoms in total. The number of hydrogen-bond donors (Lipinski definition) is 1. The number of piperidine rings is 1. The average molecular weight is 226 g/mol. The standard InChI is InChI=1S/C13H26N2O/c1-3-6-11(2)9-13(16)15-8-5-4-7-12(15)10-14/h11-12H,3-10,14H2,1-2H3. The van der Waals surface area contributed by atoms with E-state index in [9.17, 15) is 4.79 Å². The van der Waals surface area contributed by atoms with E-state index in [1.54, 1.807) is 0 Å². The highest BCUT2D eigenvalue weighted by molar-refractivity contribution is 5.76. The summed E-state index contributed by atoms with van der Waals surface area (Å²) in [6.07, 6.45) is 6.46. The fourth-order valence-electron chi connectivity index (χ4n) is 2.58. The van der Waals surface area contributed by atoms with Crippen molar-refractivity contribution in [2.45, 2.75) is 58.4 Å². The third-order valence-electron chi connectivity index (χ3n) is 3.52. The molecule has 2 atom stereocenters. The van der Waals surface area contributed by atoms with Gasteiger partial charge in [0.15, 0.2) is 0 Å². The van der Waals surface area contributed by atoms with Gasteiger partial charge in [0.2, 0.25) is 5.91 Å². The van der Waals surface area contributed by atoms with Gasteiger partial charge in [-0.3, -0.25) is 4.79 Å². The van der Waals surface area contributed by atoms with Gasteiger partial charge < -0.3 is 10.6 Å². The molecular weight excluding hydrogens is 200 g/mol. The van der Waals surface area contributed by atoms with E-state index in [2.05, 4.69) is 13.8 Å². The summed E-state index contributed by atoms with van der Waals surface area (Å²) < 4.78 is 0. The Morgan fingerprint density at radius 3 is 2.88 bits per heavy atom. The topological polar surface area (TPSA) is 46.3 Å². The number of nitrogens with zero attached hydrogens (tertiary/aromatic N) is 1. The molecule has 1 fully saturated rings. The lowest BCUT2D eigenvalue weighted by molar-refractivity contribution is -0.135. The summed E-state index contributed by atoms with van der Waals surface area (Å²) in [6, 6.07) is 0.301. The second-order valence-electron chi connectivity index (χ2n) is 5.07. The molecule has 3 heteroatoms. The SMILES string of the molecule is CCCC(C)CC(=O)N1CCCCC1CN. The third kappa shape index (κ3) is 3.78. The minimum atomic E-state index is 0.301. The molecule has 1 rings (SSSR count). The van der Waals surface area contributed by atoms with Crippen LogP contribution in [0, 0.1) is 5.92 Å². The van der Waals surface area contributed by atoms with E-state index in [1.807, 2.05) is 4.90 Å². The number of nitrogens with two attached hydrogens (primary N) is 1. The fraction of sp³-hybridized carbons (Fsp3) is 0.923. The summed E-state index contributed by atoms with van der Waals surface area (Å²) >= 11 is 0. The maximum absolute atomic E-state index is 12.1. The molecule has 2 N–H and O–H groups in total. The molecule has 1 aliphatic rings. The minimum absolute atomic E-state index is 0.301. The zero-order valence-electron chi connectivity index (χ0n) is 10.7. The van der Waals surface area contributed by atoms with Crippen LogP contribution in [-0.2, 0) is 4.79 Å². The molecule has 0 aromatic carbocycles. The highest BCUT2D eigenvalue weighted by Crippen LogP contribution is 2.19. The van der Waals surface area contributed by atoms with Gasteiger partial charge in [-0.25, -0.2) is 0 Å². The van der Waals surface area contributed by atoms with E-state index in [4.69, 9.17) is 5.73 Å². The Balaban J connectivity index is 2.44. The highest BCUT2D eigenvalue weighted by atomic mass is 16.2. The lowest BCUT2D eigenvalue weighted by atomic mass is 9.98. The van der Waals surface area contributed by atoms with Crippen LogP contribution in [0.15, 0.2) is 0 Å². The van der Waals surface area contributed by atoms with Crippen LogP contribution < -0.4 is 5.73 Å². The average Bonchev–Trinajstić information content (AvgIpc) is 2.29. The number of carbonyl (C=O) groups is 1. The Hall–Kier alpha value is -0.570. The van der Waals surface area contributed by atoms with Gasteiger partial charge in [-0.05, 0) is 25.2 Å². The quantitative estimate of drug-likeness (QED) is 0.781. The third-order valence-corrected chi connectivity index (χ3v) is 3.52. The Kier molecular flexibility index (Phi) is 5.81. The smallest absolute Gasteiger partial charge is 0.223 e. The first kappa shape index (κ1) is 13.5. The lowest BCUT2D eigenvalue weighted by Gasteiger charge is -2.35. The Bertz CT molecular complexity index is 218. The lowest BCUT2D eigenvalue weighted by Crippen LogP contribution is -2.47. The normalized spacial score (nSPS) is 23.2. The summed E-state index contributed by atoms with van der Waals surface area (Å²) in [6.45, 7) is 5.88. The van der Waals surface area contributed by atoms with Gasteiger partial charge in [-0.15, -0.1) is 0 Å². The maximum Gasteiger partial charge on any atom is 0.223 e. The molecule has 0 spiro atoms. The molecule has 1 aliphatic heterocycles. The van der Waals surface area contributed by atoms with Gasteiger partial charge >= 0.3 is 0 Å². The van der Waals surface area contributed by atoms with Crippen molar-refractivity contribution in [3.8, 4) is 0 Å². The summed E-state index contributed by atoms with van der Waals surface area (Å²) in [5.74, 6) is 0.828. The van der Waals surface area contributed by atoms with Gasteiger partial charge in [0.1, 0.15) is 0 Å². The van der Waals surface area contributed by atoms with Crippen LogP contribution in [0.25, 0.3) is 0 Å². The molecular formula is C13H26N2O. The van der Waals surface area contributed by atoms with Gasteiger partial charge in [0.05, 0.1) is 0 Å². The van der Waals surface area contributed by atoms with E-state index in [0.29, 0.717) is 30.8 Å². The van der Waals surface area contributed by atoms with Crippen LogP contribution in [0.3, 0.4) is 0 Å². The maximum atomic E-state index is 12.1. The van der Waals surface area contributed by atoms with Gasteiger partial charge in [-0.1, -0.05) is 26.7 Å². The van der Waals surface area contributed by atoms with E-state index >= 15 is 0 Å². The molecule has 1 heterocycles. The molecule has 0 aliphatic carbocycles. The van der Waals surface area contributed by atoms with Crippen molar-refractivity contribution in [2.75, 3.05) is 13.1 Å². The molecule has 1 saturated heterocycles. The van der Waals surface area contributed by atoms with Crippen LogP contribution in [0.5, 0.6) is 0 Å². The second-order valence-corrected chi connectivity index (χ2v) is 5.07. The Labute approximate surface area is 99.4 Å². The van der Waals surface area contributed by atoms with Crippen LogP contribution in [0.2, 0.25) is 0 Å². The van der Waals surface area contributed by atoms with Gasteiger partial charge in [-0.2, -0.15) is 0 Å². The van der Waals surface area contributed by atoms with Crippen molar-refractivity contribution in [3.05, 3.63) is 0 Å². The molecule has 0 bridgehead atoms. The van der Waals surface area contributed by atoms with Crippen molar-refractivity contribution in [3.63, 3.8) is 0 Å². The fourth-order valence-corrected chi connectivity index (χ4v) is 2.58. The van der Waals surface area contributed by atoms with Crippen molar-refractivity contribution < 1.29 is 4.79 Å². The van der Waals surface area contributed by atoms with Crippen LogP contribution in [0.1, 0.15) is 52.4 Å². The number of carbonyl (C=O) groups excluding carboxylic acids is 1. The zero-order valence-corrected chi connectivity index (χ0v) is 10.7. The van der Waals surface area contributed by atoms with Crippen molar-refractivity contribution in [2.24, 2.45) is 11.7 Å². The summed E-state index contributed by atoms with van der Waals surface area (Å²) in [5.41, 5.74) is 5.73. The van der Waals surface area contributed by atoms with Crippen LogP contribution in [0.4, 0.5) is 0 Å².